The lowest BCUT2D eigenvalue weighted by Crippen LogP contribution is -1.95. The van der Waals surface area contributed by atoms with E-state index in [1.807, 2.05) is 54.6 Å². The number of benzene rings is 2. The number of aromatic amines is 1. The second kappa shape index (κ2) is 6.45. The first-order valence-electron chi connectivity index (χ1n) is 7.85. The second-order valence-corrected chi connectivity index (χ2v) is 5.50. The minimum atomic E-state index is 0.478. The summed E-state index contributed by atoms with van der Waals surface area (Å²) in [7, 11) is 0. The molecule has 2 heterocycles. The molecule has 25 heavy (non-hydrogen) atoms. The van der Waals surface area contributed by atoms with Crippen LogP contribution in [0.25, 0.3) is 22.4 Å². The number of anilines is 3. The lowest BCUT2D eigenvalue weighted by molar-refractivity contribution is 1.10. The molecule has 0 saturated heterocycles. The summed E-state index contributed by atoms with van der Waals surface area (Å²) >= 11 is 0. The van der Waals surface area contributed by atoms with E-state index in [1.54, 1.807) is 18.5 Å². The first-order valence-corrected chi connectivity index (χ1v) is 7.85. The Balaban J connectivity index is 1.66. The standard InChI is InChI=1S/C19H16N6/c20-18-16(17(24-25-18)14-5-2-1-3-6-14)13-7-9-15(10-8-13)23-19-21-11-4-12-22-19/h1-12H,(H3,20,24,25)(H,21,22,23). The van der Waals surface area contributed by atoms with Crippen molar-refractivity contribution in [1.82, 2.24) is 20.2 Å². The van der Waals surface area contributed by atoms with Crippen molar-refractivity contribution in [3.63, 3.8) is 0 Å². The SMILES string of the molecule is Nc1n[nH]c(-c2ccccc2)c1-c1ccc(Nc2ncccn2)cc1. The van der Waals surface area contributed by atoms with Crippen LogP contribution in [0.15, 0.2) is 73.1 Å². The van der Waals surface area contributed by atoms with E-state index < -0.39 is 0 Å². The third-order valence-corrected chi connectivity index (χ3v) is 3.85. The number of nitrogens with two attached hydrogens (primary N) is 1. The third-order valence-electron chi connectivity index (χ3n) is 3.85. The van der Waals surface area contributed by atoms with E-state index in [-0.39, 0.29) is 0 Å². The Morgan fingerprint density at radius 1 is 0.800 bits per heavy atom. The van der Waals surface area contributed by atoms with Gasteiger partial charge in [-0.1, -0.05) is 42.5 Å². The molecule has 0 aliphatic heterocycles. The number of H-pyrrole nitrogens is 1. The topological polar surface area (TPSA) is 92.5 Å². The Morgan fingerprint density at radius 3 is 2.24 bits per heavy atom. The number of nitrogens with one attached hydrogen (secondary N) is 2. The molecule has 0 unspecified atom stereocenters. The number of hydrogen-bond donors (Lipinski definition) is 3. The quantitative estimate of drug-likeness (QED) is 0.529. The van der Waals surface area contributed by atoms with Crippen LogP contribution >= 0.6 is 0 Å². The zero-order valence-corrected chi connectivity index (χ0v) is 13.3. The summed E-state index contributed by atoms with van der Waals surface area (Å²) in [6, 6.07) is 19.7. The zero-order chi connectivity index (χ0) is 17.1. The number of nitrogen functional groups attached to an aromatic ring is 1. The Morgan fingerprint density at radius 2 is 1.52 bits per heavy atom. The summed E-state index contributed by atoms with van der Waals surface area (Å²) in [6.07, 6.45) is 3.39. The molecule has 6 heteroatoms. The average Bonchev–Trinajstić information content (AvgIpc) is 3.05. The van der Waals surface area contributed by atoms with Crippen molar-refractivity contribution in [2.45, 2.75) is 0 Å². The van der Waals surface area contributed by atoms with Crippen LogP contribution in [0, 0.1) is 0 Å². The minimum Gasteiger partial charge on any atom is -0.382 e. The van der Waals surface area contributed by atoms with Crippen molar-refractivity contribution in [1.29, 1.82) is 0 Å². The van der Waals surface area contributed by atoms with Crippen LogP contribution in [0.3, 0.4) is 0 Å². The highest BCUT2D eigenvalue weighted by Crippen LogP contribution is 2.35. The molecule has 0 spiro atoms. The van der Waals surface area contributed by atoms with Gasteiger partial charge in [0.25, 0.3) is 0 Å². The van der Waals surface area contributed by atoms with Crippen molar-refractivity contribution in [2.24, 2.45) is 0 Å². The molecule has 0 fully saturated rings. The molecular weight excluding hydrogens is 312 g/mol. The zero-order valence-electron chi connectivity index (χ0n) is 13.3. The fourth-order valence-electron chi connectivity index (χ4n) is 2.67. The highest BCUT2D eigenvalue weighted by atomic mass is 15.2. The van der Waals surface area contributed by atoms with Gasteiger partial charge >= 0.3 is 0 Å². The molecule has 0 aliphatic rings. The highest BCUT2D eigenvalue weighted by Gasteiger charge is 2.14. The molecule has 2 aromatic carbocycles. The molecule has 4 aromatic rings. The van der Waals surface area contributed by atoms with Gasteiger partial charge in [0.15, 0.2) is 5.82 Å². The van der Waals surface area contributed by atoms with Crippen molar-refractivity contribution in [3.8, 4) is 22.4 Å². The maximum absolute atomic E-state index is 6.09. The molecule has 122 valence electrons. The summed E-state index contributed by atoms with van der Waals surface area (Å²) in [4.78, 5) is 8.31. The fraction of sp³-hybridized carbons (Fsp3) is 0. The molecule has 4 rings (SSSR count). The molecule has 0 radical (unpaired) electrons. The first-order chi connectivity index (χ1) is 12.3. The van der Waals surface area contributed by atoms with Gasteiger partial charge in [-0.25, -0.2) is 9.97 Å². The number of aromatic nitrogens is 4. The summed E-state index contributed by atoms with van der Waals surface area (Å²) in [5, 5.41) is 10.4. The largest absolute Gasteiger partial charge is 0.382 e. The summed E-state index contributed by atoms with van der Waals surface area (Å²) < 4.78 is 0. The molecule has 0 bridgehead atoms. The van der Waals surface area contributed by atoms with Gasteiger partial charge in [0, 0.05) is 23.6 Å². The summed E-state index contributed by atoms with van der Waals surface area (Å²) in [6.45, 7) is 0. The van der Waals surface area contributed by atoms with Crippen LogP contribution in [-0.4, -0.2) is 20.2 Å². The van der Waals surface area contributed by atoms with Crippen LogP contribution in [0.5, 0.6) is 0 Å². The van der Waals surface area contributed by atoms with Gasteiger partial charge < -0.3 is 11.1 Å². The van der Waals surface area contributed by atoms with Gasteiger partial charge in [-0.2, -0.15) is 5.10 Å². The van der Waals surface area contributed by atoms with Crippen molar-refractivity contribution < 1.29 is 0 Å². The predicted octanol–water partition coefficient (Wildman–Crippen LogP) is 3.86. The molecule has 0 saturated carbocycles. The molecule has 2 aromatic heterocycles. The third kappa shape index (κ3) is 3.05. The Kier molecular flexibility index (Phi) is 3.84. The maximum Gasteiger partial charge on any atom is 0.227 e. The van der Waals surface area contributed by atoms with Crippen LogP contribution in [0.1, 0.15) is 0 Å². The van der Waals surface area contributed by atoms with Crippen molar-refractivity contribution >= 4 is 17.5 Å². The smallest absolute Gasteiger partial charge is 0.227 e. The second-order valence-electron chi connectivity index (χ2n) is 5.50. The lowest BCUT2D eigenvalue weighted by atomic mass is 10.0. The van der Waals surface area contributed by atoms with Gasteiger partial charge in [-0.05, 0) is 23.8 Å². The van der Waals surface area contributed by atoms with Gasteiger partial charge in [0.1, 0.15) is 0 Å². The van der Waals surface area contributed by atoms with Crippen molar-refractivity contribution in [2.75, 3.05) is 11.1 Å². The van der Waals surface area contributed by atoms with E-state index in [0.29, 0.717) is 11.8 Å². The molecular formula is C19H16N6. The average molecular weight is 328 g/mol. The van der Waals surface area contributed by atoms with Crippen LogP contribution in [0.4, 0.5) is 17.5 Å². The van der Waals surface area contributed by atoms with E-state index >= 15 is 0 Å². The van der Waals surface area contributed by atoms with E-state index in [1.165, 1.54) is 0 Å². The van der Waals surface area contributed by atoms with E-state index in [9.17, 15) is 0 Å². The molecule has 0 aliphatic carbocycles. The van der Waals surface area contributed by atoms with E-state index in [4.69, 9.17) is 5.73 Å². The monoisotopic (exact) mass is 328 g/mol. The molecule has 4 N–H and O–H groups in total. The summed E-state index contributed by atoms with van der Waals surface area (Å²) in [5.74, 6) is 1.04. The number of nitrogens with zero attached hydrogens (tertiary/aromatic N) is 3. The predicted molar refractivity (Wildman–Crippen MR) is 99.2 cm³/mol. The van der Waals surface area contributed by atoms with Crippen LogP contribution < -0.4 is 11.1 Å². The van der Waals surface area contributed by atoms with Gasteiger partial charge in [-0.3, -0.25) is 5.10 Å². The van der Waals surface area contributed by atoms with Gasteiger partial charge in [0.2, 0.25) is 5.95 Å². The Labute approximate surface area is 144 Å². The normalized spacial score (nSPS) is 10.6. The molecule has 0 atom stereocenters. The fourth-order valence-corrected chi connectivity index (χ4v) is 2.67. The first kappa shape index (κ1) is 14.9. The van der Waals surface area contributed by atoms with Crippen LogP contribution in [0.2, 0.25) is 0 Å². The Hall–Kier alpha value is -3.67. The molecule has 6 nitrogen and oxygen atoms in total. The van der Waals surface area contributed by atoms with Crippen molar-refractivity contribution in [3.05, 3.63) is 73.1 Å². The Bertz CT molecular complexity index is 962. The minimum absolute atomic E-state index is 0.478. The summed E-state index contributed by atoms with van der Waals surface area (Å²) in [5.41, 5.74) is 10.8. The maximum atomic E-state index is 6.09. The molecule has 0 amide bonds. The van der Waals surface area contributed by atoms with E-state index in [2.05, 4.69) is 25.5 Å². The van der Waals surface area contributed by atoms with Crippen LogP contribution in [-0.2, 0) is 0 Å². The highest BCUT2D eigenvalue weighted by molar-refractivity contribution is 5.88. The van der Waals surface area contributed by atoms with Gasteiger partial charge in [0.05, 0.1) is 11.3 Å². The van der Waals surface area contributed by atoms with Gasteiger partial charge in [-0.15, -0.1) is 0 Å². The lowest BCUT2D eigenvalue weighted by Gasteiger charge is -2.07. The number of rotatable bonds is 4. The van der Waals surface area contributed by atoms with E-state index in [0.717, 1.165) is 28.1 Å². The number of hydrogen-bond acceptors (Lipinski definition) is 5.